The molecule has 0 radical (unpaired) electrons. The fourth-order valence-corrected chi connectivity index (χ4v) is 2.53. The van der Waals surface area contributed by atoms with E-state index in [0.29, 0.717) is 0 Å². The topological polar surface area (TPSA) is 71.1 Å². The molecule has 0 saturated heterocycles. The highest BCUT2D eigenvalue weighted by Gasteiger charge is 2.16. The van der Waals surface area contributed by atoms with Crippen molar-refractivity contribution in [1.82, 2.24) is 4.98 Å². The summed E-state index contributed by atoms with van der Waals surface area (Å²) < 4.78 is 26.8. The molecule has 0 saturated carbocycles. The fraction of sp³-hybridized carbons (Fsp3) is 0. The van der Waals surface area contributed by atoms with Gasteiger partial charge in [-0.25, -0.2) is 8.78 Å². The first-order valence-electron chi connectivity index (χ1n) is 7.72. The number of nitrogens with one attached hydrogen (secondary N) is 2. The Morgan fingerprint density at radius 2 is 1.56 bits per heavy atom. The standard InChI is InChI=1S/C19H12ClF2N3O2/c20-14-9-11(21)4-6-13(14)18(26)25-17-10-12(22)5-7-15(17)24-19(27)16-3-1-2-8-23-16/h1-10H,(H,24,27)(H,25,26). The molecule has 0 unspecified atom stereocenters. The van der Waals surface area contributed by atoms with Crippen LogP contribution in [0.1, 0.15) is 20.8 Å². The minimum absolute atomic E-state index is 0.00401. The predicted octanol–water partition coefficient (Wildman–Crippen LogP) is 4.52. The average Bonchev–Trinajstić information content (AvgIpc) is 2.64. The molecule has 3 aromatic rings. The number of carbonyl (C=O) groups is 2. The molecular weight excluding hydrogens is 376 g/mol. The predicted molar refractivity (Wildman–Crippen MR) is 98.0 cm³/mol. The number of anilines is 2. The summed E-state index contributed by atoms with van der Waals surface area (Å²) in [6, 6.07) is 11.6. The number of carbonyl (C=O) groups excluding carboxylic acids is 2. The number of rotatable bonds is 4. The van der Waals surface area contributed by atoms with Gasteiger partial charge < -0.3 is 10.6 Å². The molecular formula is C19H12ClF2N3O2. The van der Waals surface area contributed by atoms with Crippen LogP contribution in [-0.2, 0) is 0 Å². The van der Waals surface area contributed by atoms with Crippen LogP contribution in [0.5, 0.6) is 0 Å². The average molecular weight is 388 g/mol. The molecule has 2 N–H and O–H groups in total. The lowest BCUT2D eigenvalue weighted by Crippen LogP contribution is -2.18. The van der Waals surface area contributed by atoms with Gasteiger partial charge in [0.15, 0.2) is 0 Å². The maximum absolute atomic E-state index is 13.6. The zero-order valence-electron chi connectivity index (χ0n) is 13.7. The number of benzene rings is 2. The maximum Gasteiger partial charge on any atom is 0.274 e. The van der Waals surface area contributed by atoms with Crippen molar-refractivity contribution in [3.63, 3.8) is 0 Å². The third-order valence-electron chi connectivity index (χ3n) is 3.55. The molecule has 0 spiro atoms. The lowest BCUT2D eigenvalue weighted by molar-refractivity contribution is 0.101. The smallest absolute Gasteiger partial charge is 0.274 e. The monoisotopic (exact) mass is 387 g/mol. The summed E-state index contributed by atoms with van der Waals surface area (Å²) >= 11 is 5.87. The van der Waals surface area contributed by atoms with E-state index in [2.05, 4.69) is 15.6 Å². The highest BCUT2D eigenvalue weighted by atomic mass is 35.5. The third kappa shape index (κ3) is 4.45. The lowest BCUT2D eigenvalue weighted by Gasteiger charge is -2.13. The fourth-order valence-electron chi connectivity index (χ4n) is 2.28. The van der Waals surface area contributed by atoms with E-state index < -0.39 is 23.4 Å². The summed E-state index contributed by atoms with van der Waals surface area (Å²) in [7, 11) is 0. The van der Waals surface area contributed by atoms with Crippen LogP contribution in [0, 0.1) is 11.6 Å². The van der Waals surface area contributed by atoms with E-state index >= 15 is 0 Å². The van der Waals surface area contributed by atoms with Crippen molar-refractivity contribution in [2.75, 3.05) is 10.6 Å². The van der Waals surface area contributed by atoms with Crippen molar-refractivity contribution < 1.29 is 18.4 Å². The van der Waals surface area contributed by atoms with Crippen LogP contribution in [0.4, 0.5) is 20.2 Å². The van der Waals surface area contributed by atoms with Crippen molar-refractivity contribution in [1.29, 1.82) is 0 Å². The van der Waals surface area contributed by atoms with Gasteiger partial charge in [0, 0.05) is 6.20 Å². The zero-order chi connectivity index (χ0) is 19.4. The molecule has 0 atom stereocenters. The Labute approximate surface area is 158 Å². The van der Waals surface area contributed by atoms with Gasteiger partial charge in [-0.15, -0.1) is 0 Å². The SMILES string of the molecule is O=C(Nc1ccc(F)cc1NC(=O)c1ccc(F)cc1Cl)c1ccccn1. The third-order valence-corrected chi connectivity index (χ3v) is 3.86. The number of amides is 2. The molecule has 136 valence electrons. The van der Waals surface area contributed by atoms with E-state index in [4.69, 9.17) is 11.6 Å². The number of halogens is 3. The molecule has 3 rings (SSSR count). The molecule has 0 aliphatic rings. The van der Waals surface area contributed by atoms with Crippen LogP contribution in [0.15, 0.2) is 60.8 Å². The second kappa shape index (κ2) is 7.92. The van der Waals surface area contributed by atoms with Crippen molar-refractivity contribution in [2.24, 2.45) is 0 Å². The first-order chi connectivity index (χ1) is 12.9. The quantitative estimate of drug-likeness (QED) is 0.691. The molecule has 2 aromatic carbocycles. The highest BCUT2D eigenvalue weighted by Crippen LogP contribution is 2.25. The maximum atomic E-state index is 13.6. The van der Waals surface area contributed by atoms with E-state index in [-0.39, 0.29) is 27.7 Å². The molecule has 2 amide bonds. The van der Waals surface area contributed by atoms with Crippen molar-refractivity contribution >= 4 is 34.8 Å². The molecule has 1 aromatic heterocycles. The zero-order valence-corrected chi connectivity index (χ0v) is 14.4. The van der Waals surface area contributed by atoms with Gasteiger partial charge in [-0.05, 0) is 48.5 Å². The second-order valence-electron chi connectivity index (χ2n) is 5.44. The van der Waals surface area contributed by atoms with Crippen molar-refractivity contribution in [3.05, 3.63) is 88.7 Å². The number of hydrogen-bond donors (Lipinski definition) is 2. The number of pyridine rings is 1. The van der Waals surface area contributed by atoms with E-state index in [9.17, 15) is 18.4 Å². The molecule has 1 heterocycles. The van der Waals surface area contributed by atoms with Gasteiger partial charge in [0.25, 0.3) is 11.8 Å². The summed E-state index contributed by atoms with van der Waals surface area (Å²) in [5.41, 5.74) is 0.341. The van der Waals surface area contributed by atoms with Gasteiger partial charge in [-0.2, -0.15) is 0 Å². The lowest BCUT2D eigenvalue weighted by atomic mass is 10.2. The summed E-state index contributed by atoms with van der Waals surface area (Å²) in [4.78, 5) is 28.6. The van der Waals surface area contributed by atoms with Crippen LogP contribution in [-0.4, -0.2) is 16.8 Å². The minimum atomic E-state index is -0.682. The first kappa shape index (κ1) is 18.5. The van der Waals surface area contributed by atoms with Gasteiger partial charge in [-0.3, -0.25) is 14.6 Å². The van der Waals surface area contributed by atoms with Crippen LogP contribution in [0.25, 0.3) is 0 Å². The van der Waals surface area contributed by atoms with Crippen LogP contribution >= 0.6 is 11.6 Å². The highest BCUT2D eigenvalue weighted by molar-refractivity contribution is 6.34. The van der Waals surface area contributed by atoms with Crippen molar-refractivity contribution in [3.8, 4) is 0 Å². The van der Waals surface area contributed by atoms with E-state index in [0.717, 1.165) is 24.3 Å². The Hall–Kier alpha value is -3.32. The summed E-state index contributed by atoms with van der Waals surface area (Å²) in [5, 5.41) is 4.93. The normalized spacial score (nSPS) is 10.3. The number of aromatic nitrogens is 1. The van der Waals surface area contributed by atoms with Crippen LogP contribution in [0.3, 0.4) is 0 Å². The molecule has 0 aliphatic heterocycles. The van der Waals surface area contributed by atoms with E-state index in [1.54, 1.807) is 12.1 Å². The van der Waals surface area contributed by atoms with Crippen LogP contribution < -0.4 is 10.6 Å². The Balaban J connectivity index is 1.86. The van der Waals surface area contributed by atoms with Gasteiger partial charge in [0.2, 0.25) is 0 Å². The molecule has 0 bridgehead atoms. The Morgan fingerprint density at radius 3 is 2.26 bits per heavy atom. The first-order valence-corrected chi connectivity index (χ1v) is 8.10. The second-order valence-corrected chi connectivity index (χ2v) is 5.84. The van der Waals surface area contributed by atoms with E-state index in [1.807, 2.05) is 0 Å². The van der Waals surface area contributed by atoms with Gasteiger partial charge >= 0.3 is 0 Å². The molecule has 0 fully saturated rings. The molecule has 5 nitrogen and oxygen atoms in total. The number of hydrogen-bond acceptors (Lipinski definition) is 3. The van der Waals surface area contributed by atoms with E-state index in [1.165, 1.54) is 24.4 Å². The summed E-state index contributed by atoms with van der Waals surface area (Å²) in [5.74, 6) is -2.42. The van der Waals surface area contributed by atoms with Gasteiger partial charge in [-0.1, -0.05) is 17.7 Å². The largest absolute Gasteiger partial charge is 0.320 e. The molecule has 8 heteroatoms. The summed E-state index contributed by atoms with van der Waals surface area (Å²) in [6.07, 6.45) is 1.46. The Bertz CT molecular complexity index is 1010. The van der Waals surface area contributed by atoms with Gasteiger partial charge in [0.05, 0.1) is 22.0 Å². The minimum Gasteiger partial charge on any atom is -0.320 e. The van der Waals surface area contributed by atoms with Gasteiger partial charge in [0.1, 0.15) is 17.3 Å². The Morgan fingerprint density at radius 1 is 0.852 bits per heavy atom. The van der Waals surface area contributed by atoms with Crippen LogP contribution in [0.2, 0.25) is 5.02 Å². The molecule has 27 heavy (non-hydrogen) atoms. The Kier molecular flexibility index (Phi) is 5.42. The van der Waals surface area contributed by atoms with Crippen molar-refractivity contribution in [2.45, 2.75) is 0 Å². The molecule has 0 aliphatic carbocycles. The number of nitrogens with zero attached hydrogens (tertiary/aromatic N) is 1. The summed E-state index contributed by atoms with van der Waals surface area (Å²) in [6.45, 7) is 0.